The average Bonchev–Trinajstić information content (AvgIpc) is 3.34. The molecule has 3 aromatic carbocycles. The van der Waals surface area contributed by atoms with Crippen molar-refractivity contribution in [2.75, 3.05) is 23.9 Å². The molecule has 0 bridgehead atoms. The highest BCUT2D eigenvalue weighted by Crippen LogP contribution is 2.34. The van der Waals surface area contributed by atoms with Crippen LogP contribution in [0, 0.1) is 11.6 Å². The van der Waals surface area contributed by atoms with Crippen molar-refractivity contribution in [2.24, 2.45) is 0 Å². The summed E-state index contributed by atoms with van der Waals surface area (Å²) < 4.78 is 58.9. The highest BCUT2D eigenvalue weighted by Gasteiger charge is 2.20. The van der Waals surface area contributed by atoms with Gasteiger partial charge in [-0.25, -0.2) is 8.78 Å². The molecule has 0 saturated heterocycles. The molecule has 0 aliphatic rings. The van der Waals surface area contributed by atoms with Gasteiger partial charge in [-0.1, -0.05) is 24.3 Å². The summed E-state index contributed by atoms with van der Waals surface area (Å²) >= 11 is 0. The summed E-state index contributed by atoms with van der Waals surface area (Å²) in [5, 5.41) is 6.76. The predicted octanol–water partition coefficient (Wildman–Crippen LogP) is 5.85. The van der Waals surface area contributed by atoms with Crippen molar-refractivity contribution < 1.29 is 26.8 Å². The lowest BCUT2D eigenvalue weighted by Gasteiger charge is -2.25. The van der Waals surface area contributed by atoms with Gasteiger partial charge < -0.3 is 14.2 Å². The largest absolute Gasteiger partial charge is 0.415 e. The Bertz CT molecular complexity index is 1360. The monoisotopic (exact) mass is 484 g/mol. The van der Waals surface area contributed by atoms with E-state index in [1.807, 2.05) is 6.07 Å². The highest BCUT2D eigenvalue weighted by molar-refractivity contribution is 5.87. The second-order valence-electron chi connectivity index (χ2n) is 7.89. The van der Waals surface area contributed by atoms with Gasteiger partial charge in [-0.05, 0) is 47.5 Å². The minimum atomic E-state index is -2.93. The quantitative estimate of drug-likeness (QED) is 0.232. The molecule has 0 fully saturated rings. The van der Waals surface area contributed by atoms with E-state index in [1.54, 1.807) is 43.3 Å². The number of carbonyl (C=O) groups is 1. The molecule has 4 rings (SSSR count). The first-order chi connectivity index (χ1) is 16.8. The summed E-state index contributed by atoms with van der Waals surface area (Å²) in [6, 6.07) is 15.3. The number of carbonyl (C=O) groups excluding carboxylic acids is 1. The molecule has 1 heterocycles. The summed E-state index contributed by atoms with van der Waals surface area (Å²) in [4.78, 5) is 15.2. The number of anilines is 2. The molecule has 0 saturated carbocycles. The molecular formula is C25H20F4N4O2. The fourth-order valence-corrected chi connectivity index (χ4v) is 3.59. The molecule has 180 valence electrons. The Kier molecular flexibility index (Phi) is 6.81. The SMILES string of the molecule is CN(C)c1ccc(-c2cccc(F)c2)cc1N(C=O)Cc1ccc(-c2nnc(C(F)F)o2)cc1F. The third-order valence-electron chi connectivity index (χ3n) is 5.32. The van der Waals surface area contributed by atoms with E-state index in [2.05, 4.69) is 10.2 Å². The Morgan fingerprint density at radius 2 is 1.66 bits per heavy atom. The molecule has 4 aromatic rings. The van der Waals surface area contributed by atoms with E-state index < -0.39 is 24.0 Å². The third kappa shape index (κ3) is 5.16. The molecule has 35 heavy (non-hydrogen) atoms. The first-order valence-electron chi connectivity index (χ1n) is 10.5. The lowest BCUT2D eigenvalue weighted by atomic mass is 10.0. The first-order valence-corrected chi connectivity index (χ1v) is 10.5. The zero-order valence-electron chi connectivity index (χ0n) is 18.8. The van der Waals surface area contributed by atoms with Crippen LogP contribution in [-0.4, -0.2) is 30.7 Å². The van der Waals surface area contributed by atoms with Gasteiger partial charge in [0, 0.05) is 25.2 Å². The maximum absolute atomic E-state index is 14.9. The number of benzene rings is 3. The molecule has 0 spiro atoms. The van der Waals surface area contributed by atoms with Crippen molar-refractivity contribution in [3.8, 4) is 22.6 Å². The number of hydrogen-bond donors (Lipinski definition) is 0. The Morgan fingerprint density at radius 1 is 0.914 bits per heavy atom. The molecule has 10 heteroatoms. The van der Waals surface area contributed by atoms with E-state index in [4.69, 9.17) is 4.42 Å². The maximum atomic E-state index is 14.9. The van der Waals surface area contributed by atoms with Crippen LogP contribution >= 0.6 is 0 Å². The second-order valence-corrected chi connectivity index (χ2v) is 7.89. The first kappa shape index (κ1) is 23.9. The van der Waals surface area contributed by atoms with Gasteiger partial charge in [-0.3, -0.25) is 4.79 Å². The number of nitrogens with zero attached hydrogens (tertiary/aromatic N) is 4. The molecule has 0 aliphatic carbocycles. The zero-order valence-corrected chi connectivity index (χ0v) is 18.8. The number of rotatable bonds is 8. The van der Waals surface area contributed by atoms with Gasteiger partial charge in [0.2, 0.25) is 12.3 Å². The predicted molar refractivity (Wildman–Crippen MR) is 123 cm³/mol. The maximum Gasteiger partial charge on any atom is 0.314 e. The lowest BCUT2D eigenvalue weighted by molar-refractivity contribution is -0.107. The van der Waals surface area contributed by atoms with Crippen LogP contribution < -0.4 is 9.80 Å². The minimum Gasteiger partial charge on any atom is -0.415 e. The lowest BCUT2D eigenvalue weighted by Crippen LogP contribution is -2.24. The third-order valence-corrected chi connectivity index (χ3v) is 5.32. The average molecular weight is 484 g/mol. The van der Waals surface area contributed by atoms with Gasteiger partial charge in [0.1, 0.15) is 11.6 Å². The van der Waals surface area contributed by atoms with Crippen molar-refractivity contribution in [2.45, 2.75) is 13.0 Å². The van der Waals surface area contributed by atoms with E-state index in [1.165, 1.54) is 29.2 Å². The van der Waals surface area contributed by atoms with Crippen LogP contribution in [0.3, 0.4) is 0 Å². The molecule has 0 N–H and O–H groups in total. The number of alkyl halides is 2. The summed E-state index contributed by atoms with van der Waals surface area (Å²) in [6.07, 6.45) is -2.35. The van der Waals surface area contributed by atoms with E-state index in [9.17, 15) is 22.4 Å². The molecule has 1 aromatic heterocycles. The number of halogens is 4. The van der Waals surface area contributed by atoms with E-state index >= 15 is 0 Å². The Labute approximate surface area is 198 Å². The molecule has 6 nitrogen and oxygen atoms in total. The van der Waals surface area contributed by atoms with Gasteiger partial charge in [0.25, 0.3) is 5.89 Å². The fraction of sp³-hybridized carbons (Fsp3) is 0.160. The number of hydrogen-bond acceptors (Lipinski definition) is 5. The van der Waals surface area contributed by atoms with Crippen LogP contribution in [0.4, 0.5) is 28.9 Å². The molecule has 0 unspecified atom stereocenters. The Balaban J connectivity index is 1.66. The van der Waals surface area contributed by atoms with Gasteiger partial charge in [-0.2, -0.15) is 8.78 Å². The zero-order chi connectivity index (χ0) is 25.1. The normalized spacial score (nSPS) is 11.1. The van der Waals surface area contributed by atoms with E-state index in [-0.39, 0.29) is 23.6 Å². The van der Waals surface area contributed by atoms with Crippen LogP contribution in [-0.2, 0) is 11.3 Å². The van der Waals surface area contributed by atoms with E-state index in [0.29, 0.717) is 28.9 Å². The molecule has 0 atom stereocenters. The smallest absolute Gasteiger partial charge is 0.314 e. The molecule has 1 amide bonds. The standard InChI is InChI=1S/C25H20F4N4O2/c1-32(2)21-9-8-16(15-4-3-5-19(26)10-15)12-22(21)33(14-34)13-18-7-6-17(11-20(18)27)24-30-31-25(35-24)23(28)29/h3-12,14,23H,13H2,1-2H3. The van der Waals surface area contributed by atoms with Crippen LogP contribution in [0.15, 0.2) is 65.1 Å². The second kappa shape index (κ2) is 9.96. The molecule has 0 aliphatic heterocycles. The summed E-state index contributed by atoms with van der Waals surface area (Å²) in [5.74, 6) is -2.17. The molecular weight excluding hydrogens is 464 g/mol. The van der Waals surface area contributed by atoms with Crippen molar-refractivity contribution in [1.29, 1.82) is 0 Å². The Morgan fingerprint density at radius 3 is 2.29 bits per heavy atom. The molecule has 0 radical (unpaired) electrons. The van der Waals surface area contributed by atoms with Gasteiger partial charge in [0.05, 0.1) is 17.9 Å². The summed E-state index contributed by atoms with van der Waals surface area (Å²) in [6.45, 7) is -0.116. The van der Waals surface area contributed by atoms with Crippen molar-refractivity contribution in [3.05, 3.63) is 83.8 Å². The highest BCUT2D eigenvalue weighted by atomic mass is 19.3. The van der Waals surface area contributed by atoms with Gasteiger partial charge in [-0.15, -0.1) is 10.2 Å². The Hall–Kier alpha value is -4.21. The van der Waals surface area contributed by atoms with Gasteiger partial charge >= 0.3 is 6.43 Å². The van der Waals surface area contributed by atoms with E-state index in [0.717, 1.165) is 6.07 Å². The van der Waals surface area contributed by atoms with Crippen molar-refractivity contribution in [1.82, 2.24) is 10.2 Å². The van der Waals surface area contributed by atoms with Crippen LogP contribution in [0.1, 0.15) is 17.9 Å². The van der Waals surface area contributed by atoms with Crippen LogP contribution in [0.5, 0.6) is 0 Å². The fourth-order valence-electron chi connectivity index (χ4n) is 3.59. The number of amides is 1. The van der Waals surface area contributed by atoms with Gasteiger partial charge in [0.15, 0.2) is 0 Å². The van der Waals surface area contributed by atoms with Crippen LogP contribution in [0.2, 0.25) is 0 Å². The summed E-state index contributed by atoms with van der Waals surface area (Å²) in [7, 11) is 3.61. The summed E-state index contributed by atoms with van der Waals surface area (Å²) in [5.41, 5.74) is 2.80. The van der Waals surface area contributed by atoms with Crippen molar-refractivity contribution >= 4 is 17.8 Å². The van der Waals surface area contributed by atoms with Crippen LogP contribution in [0.25, 0.3) is 22.6 Å². The minimum absolute atomic E-state index is 0.116. The topological polar surface area (TPSA) is 62.5 Å². The van der Waals surface area contributed by atoms with Crippen molar-refractivity contribution in [3.63, 3.8) is 0 Å². The number of aromatic nitrogens is 2.